The van der Waals surface area contributed by atoms with E-state index in [1.165, 1.54) is 7.11 Å². The van der Waals surface area contributed by atoms with Gasteiger partial charge in [-0.15, -0.1) is 5.73 Å². The highest BCUT2D eigenvalue weighted by atomic mass is 28.3. The fourth-order valence-corrected chi connectivity index (χ4v) is 4.34. The molecule has 1 aliphatic carbocycles. The van der Waals surface area contributed by atoms with Crippen molar-refractivity contribution in [2.24, 2.45) is 0 Å². The van der Waals surface area contributed by atoms with E-state index in [2.05, 4.69) is 32.0 Å². The number of furan rings is 1. The van der Waals surface area contributed by atoms with Crippen LogP contribution in [0.5, 0.6) is 0 Å². The number of hydrogen-bond acceptors (Lipinski definition) is 4. The summed E-state index contributed by atoms with van der Waals surface area (Å²) in [6.07, 6.45) is 0.0471. The van der Waals surface area contributed by atoms with Crippen LogP contribution >= 0.6 is 0 Å². The van der Waals surface area contributed by atoms with E-state index >= 15 is 0 Å². The molecule has 0 amide bonds. The third kappa shape index (κ3) is 2.91. The fourth-order valence-electron chi connectivity index (χ4n) is 3.34. The molecule has 1 aromatic heterocycles. The second-order valence-electron chi connectivity index (χ2n) is 7.86. The SMILES string of the molecule is C=C=C(C)[C@@]1(O)C[C@@](OC)(c2ccc([Si](C)(C)C)o2)C(=O)C(C)=C1C. The summed E-state index contributed by atoms with van der Waals surface area (Å²) in [7, 11) is -0.192. The normalized spacial score (nSPS) is 27.4. The molecule has 0 aliphatic heterocycles. The lowest BCUT2D eigenvalue weighted by Gasteiger charge is -2.43. The minimum atomic E-state index is -1.67. The van der Waals surface area contributed by atoms with Crippen LogP contribution in [0, 0.1) is 0 Å². The zero-order valence-electron chi connectivity index (χ0n) is 16.2. The molecule has 0 bridgehead atoms. The second-order valence-corrected chi connectivity index (χ2v) is 12.9. The Morgan fingerprint density at radius 1 is 1.36 bits per heavy atom. The van der Waals surface area contributed by atoms with Crippen molar-refractivity contribution in [1.82, 2.24) is 0 Å². The summed E-state index contributed by atoms with van der Waals surface area (Å²) in [6.45, 7) is 15.4. The number of methoxy groups -OCH3 is 1. The highest BCUT2D eigenvalue weighted by Crippen LogP contribution is 2.47. The summed E-state index contributed by atoms with van der Waals surface area (Å²) in [6, 6.07) is 3.72. The van der Waals surface area contributed by atoms with Crippen molar-refractivity contribution in [1.29, 1.82) is 0 Å². The maximum Gasteiger partial charge on any atom is 0.198 e. The van der Waals surface area contributed by atoms with E-state index in [1.54, 1.807) is 26.8 Å². The first-order valence-corrected chi connectivity index (χ1v) is 11.9. The molecule has 5 heteroatoms. The van der Waals surface area contributed by atoms with Crippen molar-refractivity contribution in [3.8, 4) is 0 Å². The number of ketones is 1. The summed E-state index contributed by atoms with van der Waals surface area (Å²) in [5.41, 5.74) is 1.73. The fraction of sp³-hybridized carbons (Fsp3) is 0.500. The average molecular weight is 361 g/mol. The summed E-state index contributed by atoms with van der Waals surface area (Å²) in [5.74, 6) is 0.269. The molecular weight excluding hydrogens is 332 g/mol. The number of carbonyl (C=O) groups is 1. The van der Waals surface area contributed by atoms with Crippen LogP contribution in [0.3, 0.4) is 0 Å². The highest BCUT2D eigenvalue weighted by molar-refractivity contribution is 6.87. The Balaban J connectivity index is 2.71. The van der Waals surface area contributed by atoms with Gasteiger partial charge in [0.2, 0.25) is 0 Å². The Labute approximate surface area is 150 Å². The molecule has 4 nitrogen and oxygen atoms in total. The van der Waals surface area contributed by atoms with Crippen molar-refractivity contribution in [3.05, 3.63) is 46.9 Å². The van der Waals surface area contributed by atoms with E-state index in [9.17, 15) is 9.90 Å². The minimum Gasteiger partial charge on any atom is -0.468 e. The number of hydrogen-bond donors (Lipinski definition) is 1. The van der Waals surface area contributed by atoms with E-state index in [0.29, 0.717) is 22.5 Å². The molecule has 2 rings (SSSR count). The minimum absolute atomic E-state index is 0.0471. The van der Waals surface area contributed by atoms with Crippen LogP contribution in [0.1, 0.15) is 33.0 Å². The van der Waals surface area contributed by atoms with Gasteiger partial charge in [-0.1, -0.05) is 26.2 Å². The van der Waals surface area contributed by atoms with Crippen molar-refractivity contribution in [2.75, 3.05) is 7.11 Å². The van der Waals surface area contributed by atoms with Crippen LogP contribution in [-0.2, 0) is 15.1 Å². The van der Waals surface area contributed by atoms with Crippen LogP contribution in [0.15, 0.2) is 45.6 Å². The number of Topliss-reactive ketones (excluding diaryl/α,β-unsaturated/α-hetero) is 1. The van der Waals surface area contributed by atoms with Gasteiger partial charge >= 0.3 is 0 Å². The highest BCUT2D eigenvalue weighted by Gasteiger charge is 2.55. The number of ether oxygens (including phenoxy) is 1. The third-order valence-corrected chi connectivity index (χ3v) is 7.12. The average Bonchev–Trinajstić information content (AvgIpc) is 3.06. The first-order chi connectivity index (χ1) is 11.4. The molecule has 0 saturated heterocycles. The van der Waals surface area contributed by atoms with Gasteiger partial charge in [0.1, 0.15) is 19.4 Å². The van der Waals surface area contributed by atoms with Crippen molar-refractivity contribution >= 4 is 19.2 Å². The van der Waals surface area contributed by atoms with Gasteiger partial charge in [0.25, 0.3) is 0 Å². The summed E-state index contributed by atoms with van der Waals surface area (Å²) in [4.78, 5) is 13.2. The summed E-state index contributed by atoms with van der Waals surface area (Å²) in [5, 5.41) is 12.2. The van der Waals surface area contributed by atoms with Crippen LogP contribution in [-0.4, -0.2) is 31.7 Å². The lowest BCUT2D eigenvalue weighted by Crippen LogP contribution is -2.52. The first kappa shape index (κ1) is 19.7. The lowest BCUT2D eigenvalue weighted by molar-refractivity contribution is -0.150. The van der Waals surface area contributed by atoms with E-state index < -0.39 is 19.3 Å². The molecular formula is C20H28O4Si. The Morgan fingerprint density at radius 2 is 1.96 bits per heavy atom. The van der Waals surface area contributed by atoms with Gasteiger partial charge in [0, 0.05) is 19.1 Å². The van der Waals surface area contributed by atoms with Crippen LogP contribution in [0.25, 0.3) is 0 Å². The Hall–Kier alpha value is -1.65. The van der Waals surface area contributed by atoms with E-state index in [1.807, 2.05) is 6.07 Å². The van der Waals surface area contributed by atoms with Gasteiger partial charge in [-0.05, 0) is 44.1 Å². The first-order valence-electron chi connectivity index (χ1n) is 8.42. The molecule has 0 radical (unpaired) electrons. The monoisotopic (exact) mass is 360 g/mol. The smallest absolute Gasteiger partial charge is 0.198 e. The molecule has 1 aliphatic rings. The predicted molar refractivity (Wildman–Crippen MR) is 102 cm³/mol. The molecule has 2 atom stereocenters. The second kappa shape index (κ2) is 6.26. The molecule has 0 saturated carbocycles. The van der Waals surface area contributed by atoms with Crippen LogP contribution in [0.4, 0.5) is 0 Å². The molecule has 136 valence electrons. The largest absolute Gasteiger partial charge is 0.468 e. The summed E-state index contributed by atoms with van der Waals surface area (Å²) >= 11 is 0. The topological polar surface area (TPSA) is 59.7 Å². The van der Waals surface area contributed by atoms with Crippen molar-refractivity contribution < 1.29 is 19.1 Å². The van der Waals surface area contributed by atoms with Crippen LogP contribution in [0.2, 0.25) is 19.6 Å². The third-order valence-electron chi connectivity index (χ3n) is 5.37. The molecule has 1 heterocycles. The maximum atomic E-state index is 13.2. The van der Waals surface area contributed by atoms with Gasteiger partial charge in [-0.2, -0.15) is 0 Å². The zero-order chi connectivity index (χ0) is 19.2. The summed E-state index contributed by atoms with van der Waals surface area (Å²) < 4.78 is 11.8. The molecule has 1 aromatic rings. The van der Waals surface area contributed by atoms with E-state index in [0.717, 1.165) is 5.38 Å². The standard InChI is InChI=1S/C20H28O4Si/c1-9-13(2)19(22)12-20(23-5,18(21)14(3)15(19)4)16-10-11-17(24-16)25(6,7)8/h10-11,22H,1,12H2,2-8H3/t19-,20+/m0/s1. The maximum absolute atomic E-state index is 13.2. The van der Waals surface area contributed by atoms with Gasteiger partial charge in [0.15, 0.2) is 11.4 Å². The molecule has 0 aromatic carbocycles. The van der Waals surface area contributed by atoms with Crippen LogP contribution < -0.4 is 5.38 Å². The predicted octanol–water partition coefficient (Wildman–Crippen LogP) is 3.44. The van der Waals surface area contributed by atoms with Gasteiger partial charge in [-0.25, -0.2) is 0 Å². The lowest BCUT2D eigenvalue weighted by atomic mass is 9.67. The molecule has 0 unspecified atom stereocenters. The Kier molecular flexibility index (Phi) is 4.92. The Morgan fingerprint density at radius 3 is 2.40 bits per heavy atom. The Bertz CT molecular complexity index is 789. The number of rotatable bonds is 4. The number of carbonyl (C=O) groups excluding carboxylic acids is 1. The van der Waals surface area contributed by atoms with Gasteiger partial charge < -0.3 is 14.3 Å². The van der Waals surface area contributed by atoms with Gasteiger partial charge in [0.05, 0.1) is 5.38 Å². The molecule has 0 fully saturated rings. The van der Waals surface area contributed by atoms with Crippen molar-refractivity contribution in [2.45, 2.75) is 58.0 Å². The quantitative estimate of drug-likeness (QED) is 0.660. The molecule has 0 spiro atoms. The van der Waals surface area contributed by atoms with Crippen molar-refractivity contribution in [3.63, 3.8) is 0 Å². The number of aliphatic hydroxyl groups is 1. The zero-order valence-corrected chi connectivity index (χ0v) is 17.2. The van der Waals surface area contributed by atoms with E-state index in [-0.39, 0.29) is 12.2 Å². The molecule has 25 heavy (non-hydrogen) atoms. The molecule has 1 N–H and O–H groups in total. The van der Waals surface area contributed by atoms with E-state index in [4.69, 9.17) is 9.15 Å². The van der Waals surface area contributed by atoms with Gasteiger partial charge in [-0.3, -0.25) is 4.79 Å².